The van der Waals surface area contributed by atoms with Crippen LogP contribution in [-0.2, 0) is 12.3 Å². The summed E-state index contributed by atoms with van der Waals surface area (Å²) < 4.78 is 2.11. The van der Waals surface area contributed by atoms with Gasteiger partial charge in [-0.3, -0.25) is 4.79 Å². The first-order valence-electron chi connectivity index (χ1n) is 10.4. The zero-order valence-corrected chi connectivity index (χ0v) is 19.2. The summed E-state index contributed by atoms with van der Waals surface area (Å²) in [6.45, 7) is 11.1. The lowest BCUT2D eigenvalue weighted by Gasteiger charge is -2.22. The van der Waals surface area contributed by atoms with E-state index in [4.69, 9.17) is 0 Å². The summed E-state index contributed by atoms with van der Waals surface area (Å²) in [5, 5.41) is 13.0. The van der Waals surface area contributed by atoms with Gasteiger partial charge < -0.3 is 9.88 Å². The number of hydrogen-bond donors (Lipinski definition) is 1. The molecule has 3 aromatic rings. The Balaban J connectivity index is 1.79. The van der Waals surface area contributed by atoms with Gasteiger partial charge in [0.15, 0.2) is 11.0 Å². The number of benzene rings is 2. The molecule has 1 heterocycles. The van der Waals surface area contributed by atoms with Crippen molar-refractivity contribution < 1.29 is 4.79 Å². The van der Waals surface area contributed by atoms with Crippen molar-refractivity contribution in [1.29, 1.82) is 0 Å². The smallest absolute Gasteiger partial charge is 0.251 e. The van der Waals surface area contributed by atoms with Crippen molar-refractivity contribution >= 4 is 17.7 Å². The van der Waals surface area contributed by atoms with Crippen LogP contribution in [-0.4, -0.2) is 20.7 Å². The highest BCUT2D eigenvalue weighted by Crippen LogP contribution is 2.27. The molecular weight excluding hydrogens is 392 g/mol. The van der Waals surface area contributed by atoms with Crippen molar-refractivity contribution in [2.75, 3.05) is 0 Å². The molecule has 5 nitrogen and oxygen atoms in total. The monoisotopic (exact) mass is 422 g/mol. The van der Waals surface area contributed by atoms with Gasteiger partial charge in [-0.15, -0.1) is 10.2 Å². The van der Waals surface area contributed by atoms with Crippen LogP contribution in [0.5, 0.6) is 0 Å². The van der Waals surface area contributed by atoms with Gasteiger partial charge >= 0.3 is 0 Å². The normalized spacial score (nSPS) is 12.2. The number of carbonyl (C=O) groups excluding carboxylic acids is 1. The topological polar surface area (TPSA) is 59.8 Å². The van der Waals surface area contributed by atoms with Gasteiger partial charge in [-0.05, 0) is 44.4 Å². The van der Waals surface area contributed by atoms with E-state index in [9.17, 15) is 4.79 Å². The fraction of sp³-hybridized carbons (Fsp3) is 0.375. The summed E-state index contributed by atoms with van der Waals surface area (Å²) >= 11 is 1.67. The van der Waals surface area contributed by atoms with E-state index in [-0.39, 0.29) is 17.9 Å². The fourth-order valence-corrected chi connectivity index (χ4v) is 4.27. The number of hydrogen-bond acceptors (Lipinski definition) is 4. The van der Waals surface area contributed by atoms with Crippen molar-refractivity contribution in [2.24, 2.45) is 5.92 Å². The lowest BCUT2D eigenvalue weighted by Crippen LogP contribution is -2.33. The number of nitrogens with one attached hydrogen (secondary N) is 1. The van der Waals surface area contributed by atoms with Gasteiger partial charge in [-0.2, -0.15) is 0 Å². The minimum atomic E-state index is -0.209. The lowest BCUT2D eigenvalue weighted by molar-refractivity contribution is 0.0921. The van der Waals surface area contributed by atoms with Gasteiger partial charge in [-0.25, -0.2) is 0 Å². The van der Waals surface area contributed by atoms with E-state index < -0.39 is 0 Å². The maximum Gasteiger partial charge on any atom is 0.251 e. The maximum absolute atomic E-state index is 12.9. The van der Waals surface area contributed by atoms with Crippen LogP contribution in [0.4, 0.5) is 0 Å². The van der Waals surface area contributed by atoms with Crippen molar-refractivity contribution in [2.45, 2.75) is 58.1 Å². The van der Waals surface area contributed by atoms with Gasteiger partial charge in [0.05, 0.1) is 6.04 Å². The first-order valence-corrected chi connectivity index (χ1v) is 11.4. The van der Waals surface area contributed by atoms with Gasteiger partial charge in [0.2, 0.25) is 0 Å². The molecule has 1 aromatic heterocycles. The first kappa shape index (κ1) is 22.1. The third-order valence-electron chi connectivity index (χ3n) is 5.06. The van der Waals surface area contributed by atoms with Gasteiger partial charge in [0, 0.05) is 17.9 Å². The van der Waals surface area contributed by atoms with Crippen molar-refractivity contribution in [3.05, 3.63) is 76.6 Å². The Morgan fingerprint density at radius 1 is 1.07 bits per heavy atom. The average molecular weight is 423 g/mol. The second-order valence-electron chi connectivity index (χ2n) is 7.92. The van der Waals surface area contributed by atoms with Crippen LogP contribution in [0.3, 0.4) is 0 Å². The molecule has 1 atom stereocenters. The second-order valence-corrected chi connectivity index (χ2v) is 8.87. The molecule has 0 aliphatic rings. The molecule has 30 heavy (non-hydrogen) atoms. The Morgan fingerprint density at radius 3 is 2.43 bits per heavy atom. The highest BCUT2D eigenvalue weighted by molar-refractivity contribution is 7.98. The van der Waals surface area contributed by atoms with Crippen molar-refractivity contribution in [3.63, 3.8) is 0 Å². The molecule has 0 aliphatic carbocycles. The van der Waals surface area contributed by atoms with E-state index in [0.29, 0.717) is 5.56 Å². The number of amides is 1. The average Bonchev–Trinajstić information content (AvgIpc) is 3.13. The highest BCUT2D eigenvalue weighted by atomic mass is 32.2. The first-order chi connectivity index (χ1) is 14.4. The quantitative estimate of drug-likeness (QED) is 0.498. The molecule has 0 spiro atoms. The van der Waals surface area contributed by atoms with Gasteiger partial charge in [0.1, 0.15) is 0 Å². The largest absolute Gasteiger partial charge is 0.342 e. The van der Waals surface area contributed by atoms with Gasteiger partial charge in [0.25, 0.3) is 5.91 Å². The minimum absolute atomic E-state index is 0.0862. The van der Waals surface area contributed by atoms with E-state index in [0.717, 1.165) is 28.8 Å². The molecule has 1 unspecified atom stereocenters. The van der Waals surface area contributed by atoms with Gasteiger partial charge in [-0.1, -0.05) is 73.1 Å². The zero-order chi connectivity index (χ0) is 21.7. The number of rotatable bonds is 8. The zero-order valence-electron chi connectivity index (χ0n) is 18.3. The summed E-state index contributed by atoms with van der Waals surface area (Å²) in [5.74, 6) is 1.74. The Morgan fingerprint density at radius 2 is 1.80 bits per heavy atom. The summed E-state index contributed by atoms with van der Waals surface area (Å²) in [7, 11) is 0. The predicted molar refractivity (Wildman–Crippen MR) is 123 cm³/mol. The summed E-state index contributed by atoms with van der Waals surface area (Å²) in [4.78, 5) is 12.9. The van der Waals surface area contributed by atoms with Crippen LogP contribution in [0.15, 0.2) is 53.7 Å². The standard InChI is InChI=1S/C24H30N4OS/c1-6-28-22(26-27-24(28)30-15-19-12-10-17(4)11-13-19)21(16(2)3)25-23(29)20-9-7-8-18(5)14-20/h7-14,16,21H,6,15H2,1-5H3,(H,25,29). The van der Waals surface area contributed by atoms with Crippen LogP contribution in [0.1, 0.15) is 59.7 Å². The molecular formula is C24H30N4OS. The second kappa shape index (κ2) is 9.94. The van der Waals surface area contributed by atoms with Crippen LogP contribution in [0.2, 0.25) is 0 Å². The van der Waals surface area contributed by atoms with E-state index >= 15 is 0 Å². The number of thioether (sulfide) groups is 1. The lowest BCUT2D eigenvalue weighted by atomic mass is 10.0. The van der Waals surface area contributed by atoms with Crippen LogP contribution in [0, 0.1) is 19.8 Å². The molecule has 0 radical (unpaired) electrons. The summed E-state index contributed by atoms with van der Waals surface area (Å²) in [6.07, 6.45) is 0. The van der Waals surface area contributed by atoms with E-state index in [1.165, 1.54) is 11.1 Å². The molecule has 2 aromatic carbocycles. The SMILES string of the molecule is CCn1c(SCc2ccc(C)cc2)nnc1C(NC(=O)c1cccc(C)c1)C(C)C. The molecule has 158 valence electrons. The maximum atomic E-state index is 12.9. The van der Waals surface area contributed by atoms with E-state index in [2.05, 4.69) is 72.0 Å². The number of nitrogens with zero attached hydrogens (tertiary/aromatic N) is 3. The van der Waals surface area contributed by atoms with Crippen molar-refractivity contribution in [3.8, 4) is 0 Å². The Kier molecular flexibility index (Phi) is 7.32. The fourth-order valence-electron chi connectivity index (χ4n) is 3.31. The predicted octanol–water partition coefficient (Wildman–Crippen LogP) is 5.33. The number of aryl methyl sites for hydroxylation is 2. The van der Waals surface area contributed by atoms with Crippen LogP contribution < -0.4 is 5.32 Å². The van der Waals surface area contributed by atoms with Crippen LogP contribution >= 0.6 is 11.8 Å². The third-order valence-corrected chi connectivity index (χ3v) is 6.10. The molecule has 0 saturated carbocycles. The van der Waals surface area contributed by atoms with E-state index in [1.54, 1.807) is 11.8 Å². The molecule has 0 fully saturated rings. The number of aromatic nitrogens is 3. The molecule has 0 saturated heterocycles. The molecule has 1 N–H and O–H groups in total. The Bertz CT molecular complexity index is 995. The summed E-state index contributed by atoms with van der Waals surface area (Å²) in [6, 6.07) is 16.0. The minimum Gasteiger partial charge on any atom is -0.342 e. The van der Waals surface area contributed by atoms with Crippen molar-refractivity contribution in [1.82, 2.24) is 20.1 Å². The highest BCUT2D eigenvalue weighted by Gasteiger charge is 2.26. The van der Waals surface area contributed by atoms with Crippen LogP contribution in [0.25, 0.3) is 0 Å². The molecule has 0 aliphatic heterocycles. The van der Waals surface area contributed by atoms with E-state index in [1.807, 2.05) is 31.2 Å². The Labute approximate surface area is 183 Å². The third kappa shape index (κ3) is 5.30. The molecule has 0 bridgehead atoms. The number of carbonyl (C=O) groups is 1. The Hall–Kier alpha value is -2.60. The molecule has 6 heteroatoms. The molecule has 1 amide bonds. The summed E-state index contributed by atoms with van der Waals surface area (Å²) in [5.41, 5.74) is 4.24. The molecule has 3 rings (SSSR count).